The Balaban J connectivity index is 0.00000225. The van der Waals surface area contributed by atoms with Gasteiger partial charge in [-0.1, -0.05) is 42.5 Å². The maximum atomic E-state index is 12.0. The molecule has 1 atom stereocenters. The molecule has 5 nitrogen and oxygen atoms in total. The number of primary amides is 1. The van der Waals surface area contributed by atoms with E-state index in [1.807, 2.05) is 18.2 Å². The van der Waals surface area contributed by atoms with Gasteiger partial charge in [-0.2, -0.15) is 0 Å². The van der Waals surface area contributed by atoms with Crippen molar-refractivity contribution in [2.75, 3.05) is 6.61 Å². The molecule has 0 heterocycles. The topological polar surface area (TPSA) is 81.4 Å². The van der Waals surface area contributed by atoms with E-state index in [0.717, 1.165) is 12.8 Å². The first kappa shape index (κ1) is 19.0. The van der Waals surface area contributed by atoms with E-state index in [-0.39, 0.29) is 25.1 Å². The Kier molecular flexibility index (Phi) is 6.56. The third-order valence-corrected chi connectivity index (χ3v) is 4.22. The average Bonchev–Trinajstić information content (AvgIpc) is 3.01. The minimum absolute atomic E-state index is 0. The molecule has 132 valence electrons. The summed E-state index contributed by atoms with van der Waals surface area (Å²) < 4.78 is 5.24. The first-order valence-electron chi connectivity index (χ1n) is 7.98. The van der Waals surface area contributed by atoms with Crippen molar-refractivity contribution in [3.63, 3.8) is 0 Å². The van der Waals surface area contributed by atoms with Gasteiger partial charge in [0.25, 0.3) is 0 Å². The summed E-state index contributed by atoms with van der Waals surface area (Å²) in [5, 5.41) is 3.22. The third-order valence-electron chi connectivity index (χ3n) is 4.22. The summed E-state index contributed by atoms with van der Waals surface area (Å²) in [4.78, 5) is 23.7. The summed E-state index contributed by atoms with van der Waals surface area (Å²) in [6.07, 6.45) is 1.68. The van der Waals surface area contributed by atoms with Crippen LogP contribution >= 0.6 is 12.4 Å². The van der Waals surface area contributed by atoms with E-state index in [1.165, 1.54) is 11.1 Å². The van der Waals surface area contributed by atoms with Gasteiger partial charge < -0.3 is 10.5 Å². The number of amides is 1. The van der Waals surface area contributed by atoms with Crippen LogP contribution in [-0.4, -0.2) is 30.6 Å². The molecule has 3 N–H and O–H groups in total. The number of carbonyl (C=O) groups is 2. The Morgan fingerprint density at radius 3 is 2.16 bits per heavy atom. The van der Waals surface area contributed by atoms with Gasteiger partial charge in [0.2, 0.25) is 5.91 Å². The van der Waals surface area contributed by atoms with Gasteiger partial charge in [-0.05, 0) is 36.1 Å². The highest BCUT2D eigenvalue weighted by Crippen LogP contribution is 2.21. The summed E-state index contributed by atoms with van der Waals surface area (Å²) >= 11 is 0. The van der Waals surface area contributed by atoms with Crippen LogP contribution in [0.25, 0.3) is 0 Å². The van der Waals surface area contributed by atoms with Crippen LogP contribution in [0.5, 0.6) is 0 Å². The number of halogens is 1. The number of fused-ring (bicyclic) bond motifs is 1. The van der Waals surface area contributed by atoms with Crippen molar-refractivity contribution in [2.24, 2.45) is 5.73 Å². The van der Waals surface area contributed by atoms with E-state index in [1.54, 1.807) is 24.3 Å². The monoisotopic (exact) mass is 360 g/mol. The van der Waals surface area contributed by atoms with Crippen LogP contribution in [0.15, 0.2) is 54.6 Å². The third kappa shape index (κ3) is 4.81. The van der Waals surface area contributed by atoms with Crippen LogP contribution in [0.3, 0.4) is 0 Å². The minimum Gasteiger partial charge on any atom is -0.460 e. The quantitative estimate of drug-likeness (QED) is 0.771. The molecule has 0 unspecified atom stereocenters. The number of benzene rings is 2. The lowest BCUT2D eigenvalue weighted by atomic mass is 10.1. The van der Waals surface area contributed by atoms with Crippen molar-refractivity contribution in [3.05, 3.63) is 71.3 Å². The lowest BCUT2D eigenvalue weighted by Gasteiger charge is -2.20. The van der Waals surface area contributed by atoms with E-state index in [0.29, 0.717) is 5.56 Å². The van der Waals surface area contributed by atoms with Gasteiger partial charge in [-0.25, -0.2) is 4.79 Å². The van der Waals surface area contributed by atoms with E-state index in [4.69, 9.17) is 10.5 Å². The molecule has 0 bridgehead atoms. The lowest BCUT2D eigenvalue weighted by Crippen LogP contribution is -2.49. The van der Waals surface area contributed by atoms with Crippen LogP contribution in [-0.2, 0) is 22.4 Å². The summed E-state index contributed by atoms with van der Waals surface area (Å²) in [6, 6.07) is 16.3. The SMILES string of the molecule is Cl.NC(=O)[C@H](COC(=O)c1ccccc1)NC1Cc2ccccc2C1. The molecule has 1 aliphatic rings. The van der Waals surface area contributed by atoms with Crippen LogP contribution in [0.2, 0.25) is 0 Å². The number of ether oxygens (including phenoxy) is 1. The number of hydrogen-bond donors (Lipinski definition) is 2. The van der Waals surface area contributed by atoms with E-state index >= 15 is 0 Å². The fourth-order valence-electron chi connectivity index (χ4n) is 2.99. The fourth-order valence-corrected chi connectivity index (χ4v) is 2.99. The number of esters is 1. The molecule has 2 aromatic carbocycles. The van der Waals surface area contributed by atoms with Gasteiger partial charge in [0.1, 0.15) is 12.6 Å². The normalized spacial score (nSPS) is 14.2. The van der Waals surface area contributed by atoms with Crippen molar-refractivity contribution in [2.45, 2.75) is 24.9 Å². The highest BCUT2D eigenvalue weighted by Gasteiger charge is 2.26. The second-order valence-corrected chi connectivity index (χ2v) is 5.96. The second-order valence-electron chi connectivity index (χ2n) is 5.96. The molecule has 2 aromatic rings. The largest absolute Gasteiger partial charge is 0.460 e. The minimum atomic E-state index is -0.697. The van der Waals surface area contributed by atoms with Gasteiger partial charge in [0.15, 0.2) is 0 Å². The Hall–Kier alpha value is -2.37. The van der Waals surface area contributed by atoms with Gasteiger partial charge >= 0.3 is 5.97 Å². The van der Waals surface area contributed by atoms with Gasteiger partial charge in [-0.3, -0.25) is 10.1 Å². The summed E-state index contributed by atoms with van der Waals surface area (Å²) in [7, 11) is 0. The van der Waals surface area contributed by atoms with E-state index in [9.17, 15) is 9.59 Å². The standard InChI is InChI=1S/C19H20N2O3.ClH/c20-18(22)17(12-24-19(23)13-6-2-1-3-7-13)21-16-10-14-8-4-5-9-15(14)11-16;/h1-9,16-17,21H,10-12H2,(H2,20,22);1H/t17-;/m0./s1. The van der Waals surface area contributed by atoms with Gasteiger partial charge in [0.05, 0.1) is 5.56 Å². The molecular formula is C19H21ClN2O3. The van der Waals surface area contributed by atoms with Crippen LogP contribution < -0.4 is 11.1 Å². The smallest absolute Gasteiger partial charge is 0.338 e. The highest BCUT2D eigenvalue weighted by atomic mass is 35.5. The summed E-state index contributed by atoms with van der Waals surface area (Å²) in [5.74, 6) is -0.981. The molecule has 0 aromatic heterocycles. The molecule has 0 radical (unpaired) electrons. The maximum absolute atomic E-state index is 12.0. The zero-order valence-electron chi connectivity index (χ0n) is 13.7. The first-order valence-corrected chi connectivity index (χ1v) is 7.98. The fraction of sp³-hybridized carbons (Fsp3) is 0.263. The van der Waals surface area contributed by atoms with Crippen LogP contribution in [0.4, 0.5) is 0 Å². The van der Waals surface area contributed by atoms with Gasteiger partial charge in [-0.15, -0.1) is 12.4 Å². The van der Waals surface area contributed by atoms with Crippen molar-refractivity contribution in [1.82, 2.24) is 5.32 Å². The van der Waals surface area contributed by atoms with E-state index < -0.39 is 17.9 Å². The molecule has 3 rings (SSSR count). The van der Waals surface area contributed by atoms with Gasteiger partial charge in [0, 0.05) is 6.04 Å². The first-order chi connectivity index (χ1) is 11.6. The molecule has 6 heteroatoms. The molecule has 25 heavy (non-hydrogen) atoms. The molecule has 0 fully saturated rings. The number of nitrogens with one attached hydrogen (secondary N) is 1. The number of hydrogen-bond acceptors (Lipinski definition) is 4. The second kappa shape index (κ2) is 8.65. The zero-order chi connectivity index (χ0) is 16.9. The molecule has 1 amide bonds. The molecular weight excluding hydrogens is 340 g/mol. The predicted molar refractivity (Wildman–Crippen MR) is 97.7 cm³/mol. The molecule has 0 spiro atoms. The lowest BCUT2D eigenvalue weighted by molar-refractivity contribution is -0.121. The maximum Gasteiger partial charge on any atom is 0.338 e. The number of carbonyl (C=O) groups excluding carboxylic acids is 2. The van der Waals surface area contributed by atoms with Crippen LogP contribution in [0.1, 0.15) is 21.5 Å². The molecule has 0 saturated heterocycles. The predicted octanol–water partition coefficient (Wildman–Crippen LogP) is 1.88. The molecule has 0 saturated carbocycles. The average molecular weight is 361 g/mol. The molecule has 0 aliphatic heterocycles. The number of nitrogens with two attached hydrogens (primary N) is 1. The van der Waals surface area contributed by atoms with Crippen LogP contribution in [0, 0.1) is 0 Å². The van der Waals surface area contributed by atoms with Crippen molar-refractivity contribution >= 4 is 24.3 Å². The summed E-state index contributed by atoms with van der Waals surface area (Å²) in [5.41, 5.74) is 8.46. The van der Waals surface area contributed by atoms with Crippen molar-refractivity contribution in [3.8, 4) is 0 Å². The number of rotatable bonds is 6. The van der Waals surface area contributed by atoms with Crippen molar-refractivity contribution in [1.29, 1.82) is 0 Å². The van der Waals surface area contributed by atoms with Crippen molar-refractivity contribution < 1.29 is 14.3 Å². The Bertz CT molecular complexity index is 711. The Morgan fingerprint density at radius 2 is 1.60 bits per heavy atom. The Morgan fingerprint density at radius 1 is 1.04 bits per heavy atom. The molecule has 1 aliphatic carbocycles. The summed E-state index contributed by atoms with van der Waals surface area (Å²) in [6.45, 7) is -0.0735. The van der Waals surface area contributed by atoms with E-state index in [2.05, 4.69) is 17.4 Å². The zero-order valence-corrected chi connectivity index (χ0v) is 14.5. The highest BCUT2D eigenvalue weighted by molar-refractivity contribution is 5.89. The Labute approximate surface area is 153 Å².